The maximum Gasteiger partial charge on any atom is 0.338 e. The van der Waals surface area contributed by atoms with Gasteiger partial charge in [0.05, 0.1) is 6.04 Å². The highest BCUT2D eigenvalue weighted by molar-refractivity contribution is 5.71. The fourth-order valence-electron chi connectivity index (χ4n) is 3.10. The van der Waals surface area contributed by atoms with Crippen LogP contribution in [0.5, 0.6) is 11.5 Å². The summed E-state index contributed by atoms with van der Waals surface area (Å²) < 4.78 is 5.78. The van der Waals surface area contributed by atoms with E-state index in [-0.39, 0.29) is 6.04 Å². The van der Waals surface area contributed by atoms with Crippen LogP contribution in [0.15, 0.2) is 54.6 Å². The number of urea groups is 1. The minimum Gasteiger partial charge on any atom is -0.457 e. The molecule has 1 saturated carbocycles. The second-order valence-corrected chi connectivity index (χ2v) is 5.83. The molecule has 0 aliphatic heterocycles. The predicted molar refractivity (Wildman–Crippen MR) is 86.5 cm³/mol. The highest BCUT2D eigenvalue weighted by Gasteiger charge is 2.31. The molecule has 1 aliphatic rings. The Labute approximate surface area is 135 Å². The van der Waals surface area contributed by atoms with Gasteiger partial charge in [-0.3, -0.25) is 5.21 Å². The van der Waals surface area contributed by atoms with E-state index in [2.05, 4.69) is 0 Å². The van der Waals surface area contributed by atoms with Gasteiger partial charge in [-0.1, -0.05) is 30.3 Å². The molecule has 1 aliphatic carbocycles. The lowest BCUT2D eigenvalue weighted by Gasteiger charge is -2.20. The van der Waals surface area contributed by atoms with Crippen molar-refractivity contribution in [1.29, 1.82) is 0 Å². The molecule has 23 heavy (non-hydrogen) atoms. The summed E-state index contributed by atoms with van der Waals surface area (Å²) in [7, 11) is 0. The zero-order valence-corrected chi connectivity index (χ0v) is 12.8. The van der Waals surface area contributed by atoms with Gasteiger partial charge in [-0.25, -0.2) is 9.86 Å². The van der Waals surface area contributed by atoms with Gasteiger partial charge in [-0.05, 0) is 55.0 Å². The van der Waals surface area contributed by atoms with Crippen molar-refractivity contribution in [1.82, 2.24) is 5.06 Å². The first-order valence-corrected chi connectivity index (χ1v) is 7.74. The van der Waals surface area contributed by atoms with Crippen LogP contribution in [0.4, 0.5) is 4.79 Å². The zero-order chi connectivity index (χ0) is 16.2. The lowest BCUT2D eigenvalue weighted by molar-refractivity contribution is -0.0730. The fourth-order valence-corrected chi connectivity index (χ4v) is 3.10. The van der Waals surface area contributed by atoms with E-state index < -0.39 is 6.03 Å². The van der Waals surface area contributed by atoms with Crippen LogP contribution in [0, 0.1) is 0 Å². The molecule has 0 heterocycles. The first-order chi connectivity index (χ1) is 11.1. The monoisotopic (exact) mass is 312 g/mol. The first kappa shape index (κ1) is 15.4. The third-order valence-corrected chi connectivity index (χ3v) is 4.31. The van der Waals surface area contributed by atoms with Gasteiger partial charge in [0.2, 0.25) is 0 Å². The molecule has 2 aromatic rings. The number of hydrogen-bond acceptors (Lipinski definition) is 3. The van der Waals surface area contributed by atoms with Crippen LogP contribution in [-0.4, -0.2) is 22.3 Å². The Morgan fingerprint density at radius 2 is 1.70 bits per heavy atom. The Morgan fingerprint density at radius 3 is 2.35 bits per heavy atom. The van der Waals surface area contributed by atoms with Crippen molar-refractivity contribution in [3.8, 4) is 11.5 Å². The third kappa shape index (κ3) is 3.63. The molecule has 2 aromatic carbocycles. The third-order valence-electron chi connectivity index (χ3n) is 4.31. The fraction of sp³-hybridized carbons (Fsp3) is 0.278. The Balaban J connectivity index is 1.63. The normalized spacial score (nSPS) is 20.2. The molecule has 0 radical (unpaired) electrons. The van der Waals surface area contributed by atoms with Crippen molar-refractivity contribution in [2.24, 2.45) is 5.73 Å². The summed E-state index contributed by atoms with van der Waals surface area (Å²) in [4.78, 5) is 11.0. The van der Waals surface area contributed by atoms with E-state index in [1.54, 1.807) is 0 Å². The number of rotatable bonds is 4. The minimum absolute atomic E-state index is 0.197. The Kier molecular flexibility index (Phi) is 4.48. The molecule has 5 nitrogen and oxygen atoms in total. The maximum absolute atomic E-state index is 11.0. The number of amides is 2. The van der Waals surface area contributed by atoms with Crippen LogP contribution in [0.25, 0.3) is 0 Å². The number of nitrogens with two attached hydrogens (primary N) is 1. The second kappa shape index (κ2) is 6.71. The molecule has 3 rings (SSSR count). The van der Waals surface area contributed by atoms with Crippen LogP contribution in [0.3, 0.4) is 0 Å². The summed E-state index contributed by atoms with van der Waals surface area (Å²) in [5.74, 6) is 1.91. The van der Waals surface area contributed by atoms with Crippen molar-refractivity contribution in [2.75, 3.05) is 0 Å². The molecule has 2 atom stereocenters. The number of carbonyl (C=O) groups excluding carboxylic acids is 1. The number of hydroxylamine groups is 2. The predicted octanol–water partition coefficient (Wildman–Crippen LogP) is 3.88. The molecule has 120 valence electrons. The number of carbonyl (C=O) groups is 1. The lowest BCUT2D eigenvalue weighted by atomic mass is 9.97. The molecule has 5 heteroatoms. The molecule has 0 saturated heterocycles. The molecule has 0 spiro atoms. The van der Waals surface area contributed by atoms with Gasteiger partial charge < -0.3 is 10.5 Å². The number of benzene rings is 2. The van der Waals surface area contributed by atoms with Gasteiger partial charge in [-0.2, -0.15) is 0 Å². The van der Waals surface area contributed by atoms with Gasteiger partial charge in [0.15, 0.2) is 0 Å². The number of hydrogen-bond donors (Lipinski definition) is 2. The topological polar surface area (TPSA) is 75.8 Å². The smallest absolute Gasteiger partial charge is 0.338 e. The van der Waals surface area contributed by atoms with Gasteiger partial charge in [0.25, 0.3) is 0 Å². The first-order valence-electron chi connectivity index (χ1n) is 7.74. The van der Waals surface area contributed by atoms with Crippen molar-refractivity contribution in [3.05, 3.63) is 60.2 Å². The molecule has 1 fully saturated rings. The van der Waals surface area contributed by atoms with Crippen LogP contribution in [0.2, 0.25) is 0 Å². The molecular weight excluding hydrogens is 292 g/mol. The van der Waals surface area contributed by atoms with Crippen LogP contribution >= 0.6 is 0 Å². The molecular formula is C18H20N2O3. The van der Waals surface area contributed by atoms with Gasteiger partial charge in [-0.15, -0.1) is 0 Å². The largest absolute Gasteiger partial charge is 0.457 e. The van der Waals surface area contributed by atoms with Crippen molar-refractivity contribution >= 4 is 6.03 Å². The van der Waals surface area contributed by atoms with Crippen LogP contribution in [-0.2, 0) is 0 Å². The highest BCUT2D eigenvalue weighted by Crippen LogP contribution is 2.37. The van der Waals surface area contributed by atoms with E-state index in [4.69, 9.17) is 10.5 Å². The summed E-state index contributed by atoms with van der Waals surface area (Å²) in [6.45, 7) is 0. The standard InChI is InChI=1S/C18H20N2O3/c19-18(21)20(22)15-9-6-14(12-15)13-7-10-17(11-8-13)23-16-4-2-1-3-5-16/h1-5,7-8,10-11,14-15,22H,6,9,12H2,(H2,19,21)/t14-,15+/m0/s1. The molecule has 0 unspecified atom stereocenters. The Hall–Kier alpha value is -2.53. The Morgan fingerprint density at radius 1 is 1.04 bits per heavy atom. The van der Waals surface area contributed by atoms with Gasteiger partial charge >= 0.3 is 6.03 Å². The highest BCUT2D eigenvalue weighted by atomic mass is 16.5. The SMILES string of the molecule is NC(=O)N(O)[C@@H]1CC[C@H](c2ccc(Oc3ccccc3)cc2)C1. The summed E-state index contributed by atoms with van der Waals surface area (Å²) >= 11 is 0. The van der Waals surface area contributed by atoms with Crippen LogP contribution < -0.4 is 10.5 Å². The molecule has 0 aromatic heterocycles. The maximum atomic E-state index is 11.0. The second-order valence-electron chi connectivity index (χ2n) is 5.83. The molecule has 0 bridgehead atoms. The van der Waals surface area contributed by atoms with Gasteiger partial charge in [0, 0.05) is 0 Å². The van der Waals surface area contributed by atoms with Crippen molar-refractivity contribution in [2.45, 2.75) is 31.2 Å². The summed E-state index contributed by atoms with van der Waals surface area (Å²) in [6, 6.07) is 16.6. The van der Waals surface area contributed by atoms with E-state index >= 15 is 0 Å². The Bertz CT molecular complexity index is 658. The van der Waals surface area contributed by atoms with Crippen molar-refractivity contribution < 1.29 is 14.7 Å². The number of nitrogens with zero attached hydrogens (tertiary/aromatic N) is 1. The lowest BCUT2D eigenvalue weighted by Crippen LogP contribution is -2.39. The summed E-state index contributed by atoms with van der Waals surface area (Å²) in [6.07, 6.45) is 2.40. The van der Waals surface area contributed by atoms with E-state index in [1.165, 1.54) is 5.56 Å². The van der Waals surface area contributed by atoms with Crippen molar-refractivity contribution in [3.63, 3.8) is 0 Å². The van der Waals surface area contributed by atoms with Gasteiger partial charge in [0.1, 0.15) is 11.5 Å². The van der Waals surface area contributed by atoms with E-state index in [9.17, 15) is 10.0 Å². The molecule has 3 N–H and O–H groups in total. The summed E-state index contributed by atoms with van der Waals surface area (Å²) in [5.41, 5.74) is 6.30. The quantitative estimate of drug-likeness (QED) is 0.664. The van der Waals surface area contributed by atoms with Crippen LogP contribution in [0.1, 0.15) is 30.7 Å². The van der Waals surface area contributed by atoms with E-state index in [0.29, 0.717) is 11.0 Å². The average Bonchev–Trinajstić information content (AvgIpc) is 3.05. The van der Waals surface area contributed by atoms with E-state index in [0.717, 1.165) is 30.8 Å². The van der Waals surface area contributed by atoms with E-state index in [1.807, 2.05) is 54.6 Å². The zero-order valence-electron chi connectivity index (χ0n) is 12.8. The average molecular weight is 312 g/mol. The number of primary amides is 1. The minimum atomic E-state index is -0.790. The summed E-state index contributed by atoms with van der Waals surface area (Å²) in [5, 5.41) is 10.3. The molecule has 2 amide bonds. The number of ether oxygens (including phenoxy) is 1. The number of para-hydroxylation sites is 1.